The van der Waals surface area contributed by atoms with E-state index >= 15 is 0 Å². The second-order valence-electron chi connectivity index (χ2n) is 4.74. The van der Waals surface area contributed by atoms with Crippen LogP contribution in [0.2, 0.25) is 0 Å². The summed E-state index contributed by atoms with van der Waals surface area (Å²) in [7, 11) is 0. The van der Waals surface area contributed by atoms with Gasteiger partial charge in [0, 0.05) is 0 Å². The number of hydrogen-bond acceptors (Lipinski definition) is 7. The van der Waals surface area contributed by atoms with E-state index in [0.717, 1.165) is 0 Å². The van der Waals surface area contributed by atoms with Gasteiger partial charge in [0.15, 0.2) is 10.8 Å². The fourth-order valence-electron chi connectivity index (χ4n) is 2.99. The normalized spacial score (nSPS) is 23.8. The summed E-state index contributed by atoms with van der Waals surface area (Å²) in [5.41, 5.74) is 0.504. The van der Waals surface area contributed by atoms with Crippen molar-refractivity contribution in [3.63, 3.8) is 0 Å². The van der Waals surface area contributed by atoms with Crippen molar-refractivity contribution in [3.8, 4) is 0 Å². The van der Waals surface area contributed by atoms with Gasteiger partial charge in [-0.1, -0.05) is 12.8 Å². The van der Waals surface area contributed by atoms with Crippen LogP contribution in [0, 0.1) is 10.8 Å². The lowest BCUT2D eigenvalue weighted by Gasteiger charge is -2.45. The lowest BCUT2D eigenvalue weighted by molar-refractivity contribution is -0.181. The van der Waals surface area contributed by atoms with E-state index in [1.807, 2.05) is 0 Å². The predicted molar refractivity (Wildman–Crippen MR) is 68.0 cm³/mol. The van der Waals surface area contributed by atoms with Crippen LogP contribution in [0.3, 0.4) is 0 Å². The number of nitrogens with two attached hydrogens (primary N) is 3. The molecule has 1 unspecified atom stereocenters. The first-order chi connectivity index (χ1) is 9.84. The highest BCUT2D eigenvalue weighted by Crippen LogP contribution is 2.51. The van der Waals surface area contributed by atoms with E-state index in [2.05, 4.69) is 0 Å². The molecule has 0 aliphatic heterocycles. The van der Waals surface area contributed by atoms with E-state index in [4.69, 9.17) is 17.5 Å². The van der Waals surface area contributed by atoms with Crippen molar-refractivity contribution in [1.29, 1.82) is 0 Å². The lowest BCUT2D eigenvalue weighted by Crippen LogP contribution is -2.70. The number of carboxylic acids is 1. The Labute approximate surface area is 119 Å². The molecule has 3 amide bonds. The highest BCUT2D eigenvalue weighted by atomic mass is 16.4. The monoisotopic (exact) mass is 302 g/mol. The van der Waals surface area contributed by atoms with Crippen molar-refractivity contribution >= 4 is 23.7 Å². The fraction of sp³-hybridized carbons (Fsp3) is 0.600. The minimum absolute atomic E-state index is 0.210. The Hall–Kier alpha value is -2.24. The molecule has 11 nitrogen and oxygen atoms in total. The largest absolute Gasteiger partial charge is 0.480 e. The number of hydrogen-bond donors (Lipinski definition) is 7. The first-order valence-electron chi connectivity index (χ1n) is 6.11. The minimum atomic E-state index is -2.40. The number of amides is 3. The summed E-state index contributed by atoms with van der Waals surface area (Å²) in [5.74, 6) is 10.1. The highest BCUT2D eigenvalue weighted by molar-refractivity contribution is 6.17. The van der Waals surface area contributed by atoms with Gasteiger partial charge in [0.05, 0.1) is 0 Å². The van der Waals surface area contributed by atoms with Gasteiger partial charge in [0.2, 0.25) is 0 Å². The quantitative estimate of drug-likeness (QED) is 0.120. The number of aliphatic carboxylic acids is 1. The molecule has 1 rings (SSSR count). The topological polar surface area (TPSA) is 203 Å². The van der Waals surface area contributed by atoms with Crippen LogP contribution in [0.25, 0.3) is 0 Å². The molecule has 10 N–H and O–H groups in total. The third-order valence-corrected chi connectivity index (χ3v) is 4.00. The summed E-state index contributed by atoms with van der Waals surface area (Å²) < 4.78 is 0. The van der Waals surface area contributed by atoms with Crippen molar-refractivity contribution in [1.82, 2.24) is 16.3 Å². The lowest BCUT2D eigenvalue weighted by atomic mass is 9.54. The van der Waals surface area contributed by atoms with Crippen molar-refractivity contribution in [2.75, 3.05) is 0 Å². The smallest absolute Gasteiger partial charge is 0.320 e. The summed E-state index contributed by atoms with van der Waals surface area (Å²) in [6.07, 6.45) is 0.190. The van der Waals surface area contributed by atoms with Gasteiger partial charge in [-0.3, -0.25) is 35.5 Å². The second-order valence-corrected chi connectivity index (χ2v) is 4.74. The maximum Gasteiger partial charge on any atom is 0.320 e. The molecule has 1 saturated carbocycles. The van der Waals surface area contributed by atoms with E-state index in [0.29, 0.717) is 12.8 Å². The Kier molecular flexibility index (Phi) is 4.83. The number of carbonyl (C=O) groups is 4. The number of carboxylic acid groups (broad SMARTS) is 1. The van der Waals surface area contributed by atoms with Crippen LogP contribution in [0.1, 0.15) is 25.7 Å². The zero-order chi connectivity index (χ0) is 16.3. The number of nitrogens with one attached hydrogen (secondary N) is 3. The SMILES string of the molecule is NNC(=O)C1(C(=O)O)CCCCC1(C(=O)NN)C(=O)NN. The molecular formula is C10H18N6O5. The van der Waals surface area contributed by atoms with Gasteiger partial charge in [-0.2, -0.15) is 0 Å². The molecule has 1 aliphatic carbocycles. The predicted octanol–water partition coefficient (Wildman–Crippen LogP) is -3.41. The standard InChI is InChI=1S/C10H18N6O5/c11-14-5(17)9(6(18)15-12)3-1-2-4-10(9,8(20)21)7(19)16-13/h1-4,11-13H2,(H,14,17)(H,15,18)(H,16,19)(H,20,21). The van der Waals surface area contributed by atoms with Crippen LogP contribution in [-0.2, 0) is 19.2 Å². The molecule has 11 heteroatoms. The van der Waals surface area contributed by atoms with Crippen molar-refractivity contribution in [3.05, 3.63) is 0 Å². The molecule has 1 fully saturated rings. The highest BCUT2D eigenvalue weighted by Gasteiger charge is 2.70. The van der Waals surface area contributed by atoms with Gasteiger partial charge in [-0.15, -0.1) is 0 Å². The maximum atomic E-state index is 12.2. The molecular weight excluding hydrogens is 284 g/mol. The van der Waals surface area contributed by atoms with E-state index in [-0.39, 0.29) is 12.8 Å². The number of rotatable bonds is 4. The average molecular weight is 302 g/mol. The van der Waals surface area contributed by atoms with Crippen molar-refractivity contribution in [2.45, 2.75) is 25.7 Å². The molecule has 1 aliphatic rings. The van der Waals surface area contributed by atoms with Crippen LogP contribution < -0.4 is 33.8 Å². The van der Waals surface area contributed by atoms with Crippen molar-refractivity contribution < 1.29 is 24.3 Å². The Balaban J connectivity index is 3.67. The Morgan fingerprint density at radius 1 is 0.762 bits per heavy atom. The fourth-order valence-corrected chi connectivity index (χ4v) is 2.99. The van der Waals surface area contributed by atoms with Gasteiger partial charge in [0.25, 0.3) is 17.7 Å². The van der Waals surface area contributed by atoms with E-state index in [9.17, 15) is 24.3 Å². The zero-order valence-electron chi connectivity index (χ0n) is 11.1. The van der Waals surface area contributed by atoms with E-state index < -0.39 is 34.5 Å². The summed E-state index contributed by atoms with van der Waals surface area (Å²) in [6, 6.07) is 0. The van der Waals surface area contributed by atoms with Crippen molar-refractivity contribution in [2.24, 2.45) is 28.4 Å². The van der Waals surface area contributed by atoms with E-state index in [1.165, 1.54) is 0 Å². The molecule has 0 aromatic rings. The van der Waals surface area contributed by atoms with Crippen LogP contribution in [0.5, 0.6) is 0 Å². The summed E-state index contributed by atoms with van der Waals surface area (Å²) in [4.78, 5) is 48.3. The maximum absolute atomic E-state index is 12.2. The van der Waals surface area contributed by atoms with Gasteiger partial charge < -0.3 is 5.11 Å². The number of hydrazine groups is 3. The summed E-state index contributed by atoms with van der Waals surface area (Å²) in [5, 5.41) is 9.56. The average Bonchev–Trinajstić information content (AvgIpc) is 2.51. The Morgan fingerprint density at radius 3 is 1.43 bits per heavy atom. The van der Waals surface area contributed by atoms with Gasteiger partial charge in [-0.25, -0.2) is 17.5 Å². The molecule has 0 heterocycles. The van der Waals surface area contributed by atoms with Gasteiger partial charge in [-0.05, 0) is 12.8 Å². The van der Waals surface area contributed by atoms with Crippen LogP contribution in [-0.4, -0.2) is 28.8 Å². The number of carbonyl (C=O) groups excluding carboxylic acids is 3. The molecule has 1 atom stereocenters. The Bertz CT molecular complexity index is 465. The van der Waals surface area contributed by atoms with Gasteiger partial charge in [0.1, 0.15) is 0 Å². The van der Waals surface area contributed by atoms with Crippen LogP contribution >= 0.6 is 0 Å². The van der Waals surface area contributed by atoms with Crippen LogP contribution in [0.4, 0.5) is 0 Å². The minimum Gasteiger partial charge on any atom is -0.480 e. The molecule has 0 aromatic heterocycles. The first-order valence-corrected chi connectivity index (χ1v) is 6.11. The van der Waals surface area contributed by atoms with Gasteiger partial charge >= 0.3 is 5.97 Å². The molecule has 0 bridgehead atoms. The second kappa shape index (κ2) is 6.03. The third-order valence-electron chi connectivity index (χ3n) is 4.00. The molecule has 0 aromatic carbocycles. The third kappa shape index (κ3) is 2.11. The Morgan fingerprint density at radius 2 is 1.10 bits per heavy atom. The molecule has 21 heavy (non-hydrogen) atoms. The molecule has 0 spiro atoms. The molecule has 118 valence electrons. The van der Waals surface area contributed by atoms with E-state index in [1.54, 1.807) is 16.3 Å². The summed E-state index contributed by atoms with van der Waals surface area (Å²) >= 11 is 0. The molecule has 0 saturated heterocycles. The molecule has 0 radical (unpaired) electrons. The summed E-state index contributed by atoms with van der Waals surface area (Å²) in [6.45, 7) is 0. The zero-order valence-corrected chi connectivity index (χ0v) is 11.1. The van der Waals surface area contributed by atoms with Crippen LogP contribution in [0.15, 0.2) is 0 Å². The first kappa shape index (κ1) is 16.8.